The van der Waals surface area contributed by atoms with Crippen LogP contribution in [0.15, 0.2) is 42.5 Å². The van der Waals surface area contributed by atoms with Crippen molar-refractivity contribution in [3.05, 3.63) is 47.3 Å². The highest BCUT2D eigenvalue weighted by Gasteiger charge is 2.10. The van der Waals surface area contributed by atoms with Gasteiger partial charge in [0.2, 0.25) is 0 Å². The van der Waals surface area contributed by atoms with Crippen LogP contribution in [0.1, 0.15) is 4.88 Å². The molecule has 3 aromatic rings. The van der Waals surface area contributed by atoms with E-state index in [0.717, 1.165) is 21.5 Å². The Morgan fingerprint density at radius 1 is 1.11 bits per heavy atom. The molecule has 0 radical (unpaired) electrons. The monoisotopic (exact) mass is 251 g/mol. The molecule has 0 atom stereocenters. The fourth-order valence-electron chi connectivity index (χ4n) is 1.85. The van der Waals surface area contributed by atoms with Gasteiger partial charge in [-0.15, -0.1) is 11.3 Å². The summed E-state index contributed by atoms with van der Waals surface area (Å²) in [4.78, 5) is 5.90. The summed E-state index contributed by atoms with van der Waals surface area (Å²) in [6.07, 6.45) is 0. The molecule has 0 spiro atoms. The van der Waals surface area contributed by atoms with E-state index in [2.05, 4.69) is 11.1 Å². The van der Waals surface area contributed by atoms with Crippen molar-refractivity contribution in [3.8, 4) is 17.3 Å². The molecule has 2 heterocycles. The van der Waals surface area contributed by atoms with Crippen LogP contribution in [0.2, 0.25) is 0 Å². The second-order valence-electron chi connectivity index (χ2n) is 3.87. The SMILES string of the molecule is N#Cc1sc2nc(-c3ccccc3)ccc2c1N. The maximum Gasteiger partial charge on any atom is 0.130 e. The largest absolute Gasteiger partial charge is 0.396 e. The minimum Gasteiger partial charge on any atom is -0.396 e. The van der Waals surface area contributed by atoms with Crippen molar-refractivity contribution >= 4 is 27.2 Å². The van der Waals surface area contributed by atoms with Crippen molar-refractivity contribution < 1.29 is 0 Å². The number of hydrogen-bond acceptors (Lipinski definition) is 4. The molecule has 0 fully saturated rings. The number of anilines is 1. The summed E-state index contributed by atoms with van der Waals surface area (Å²) in [5, 5.41) is 9.82. The van der Waals surface area contributed by atoms with Gasteiger partial charge in [-0.05, 0) is 12.1 Å². The number of fused-ring (bicyclic) bond motifs is 1. The molecule has 3 rings (SSSR count). The number of nitrogens with zero attached hydrogens (tertiary/aromatic N) is 2. The van der Waals surface area contributed by atoms with Crippen LogP contribution in [-0.2, 0) is 0 Å². The zero-order chi connectivity index (χ0) is 12.5. The van der Waals surface area contributed by atoms with E-state index in [0.29, 0.717) is 10.6 Å². The predicted molar refractivity (Wildman–Crippen MR) is 74.2 cm³/mol. The first-order valence-electron chi connectivity index (χ1n) is 5.44. The maximum atomic E-state index is 8.96. The van der Waals surface area contributed by atoms with Gasteiger partial charge in [-0.3, -0.25) is 0 Å². The molecule has 18 heavy (non-hydrogen) atoms. The summed E-state index contributed by atoms with van der Waals surface area (Å²) in [6.45, 7) is 0. The molecule has 2 N–H and O–H groups in total. The van der Waals surface area contributed by atoms with Gasteiger partial charge < -0.3 is 5.73 Å². The van der Waals surface area contributed by atoms with Gasteiger partial charge in [-0.25, -0.2) is 4.98 Å². The lowest BCUT2D eigenvalue weighted by molar-refractivity contribution is 1.43. The number of benzene rings is 1. The summed E-state index contributed by atoms with van der Waals surface area (Å²) < 4.78 is 0. The Morgan fingerprint density at radius 3 is 2.61 bits per heavy atom. The highest BCUT2D eigenvalue weighted by molar-refractivity contribution is 7.19. The highest BCUT2D eigenvalue weighted by atomic mass is 32.1. The van der Waals surface area contributed by atoms with Crippen LogP contribution in [0.25, 0.3) is 21.5 Å². The van der Waals surface area contributed by atoms with E-state index in [1.54, 1.807) is 0 Å². The van der Waals surface area contributed by atoms with E-state index < -0.39 is 0 Å². The number of aromatic nitrogens is 1. The number of nitrogen functional groups attached to an aromatic ring is 1. The molecular weight excluding hydrogens is 242 g/mol. The van der Waals surface area contributed by atoms with Crippen LogP contribution in [0, 0.1) is 11.3 Å². The summed E-state index contributed by atoms with van der Waals surface area (Å²) in [7, 11) is 0. The molecule has 0 unspecified atom stereocenters. The highest BCUT2D eigenvalue weighted by Crippen LogP contribution is 2.33. The van der Waals surface area contributed by atoms with Crippen LogP contribution < -0.4 is 5.73 Å². The van der Waals surface area contributed by atoms with Gasteiger partial charge in [0, 0.05) is 10.9 Å². The Kier molecular flexibility index (Phi) is 2.47. The fraction of sp³-hybridized carbons (Fsp3) is 0. The van der Waals surface area contributed by atoms with Gasteiger partial charge in [0.05, 0.1) is 11.4 Å². The molecule has 2 aromatic heterocycles. The minimum atomic E-state index is 0.530. The smallest absolute Gasteiger partial charge is 0.130 e. The minimum absolute atomic E-state index is 0.530. The number of thiophene rings is 1. The summed E-state index contributed by atoms with van der Waals surface area (Å²) >= 11 is 1.34. The Balaban J connectivity index is 2.21. The van der Waals surface area contributed by atoms with Gasteiger partial charge in [-0.1, -0.05) is 30.3 Å². The average Bonchev–Trinajstić information content (AvgIpc) is 2.76. The van der Waals surface area contributed by atoms with Crippen molar-refractivity contribution in [1.82, 2.24) is 4.98 Å². The summed E-state index contributed by atoms with van der Waals surface area (Å²) in [5.74, 6) is 0. The van der Waals surface area contributed by atoms with Crippen LogP contribution in [0.3, 0.4) is 0 Å². The fourth-order valence-corrected chi connectivity index (χ4v) is 2.74. The molecule has 0 aliphatic rings. The first-order valence-corrected chi connectivity index (χ1v) is 6.26. The van der Waals surface area contributed by atoms with Gasteiger partial charge >= 0.3 is 0 Å². The van der Waals surface area contributed by atoms with Crippen molar-refractivity contribution in [3.63, 3.8) is 0 Å². The van der Waals surface area contributed by atoms with Crippen molar-refractivity contribution in [2.75, 3.05) is 5.73 Å². The molecule has 0 bridgehead atoms. The Morgan fingerprint density at radius 2 is 1.89 bits per heavy atom. The van der Waals surface area contributed by atoms with Gasteiger partial charge in [-0.2, -0.15) is 5.26 Å². The third-order valence-electron chi connectivity index (χ3n) is 2.76. The van der Waals surface area contributed by atoms with Gasteiger partial charge in [0.25, 0.3) is 0 Å². The zero-order valence-corrected chi connectivity index (χ0v) is 10.2. The van der Waals surface area contributed by atoms with E-state index in [1.165, 1.54) is 11.3 Å². The molecule has 0 saturated heterocycles. The van der Waals surface area contributed by atoms with Crippen molar-refractivity contribution in [1.29, 1.82) is 5.26 Å². The van der Waals surface area contributed by atoms with Crippen LogP contribution in [-0.4, -0.2) is 4.98 Å². The van der Waals surface area contributed by atoms with Crippen LogP contribution >= 0.6 is 11.3 Å². The molecule has 4 heteroatoms. The Hall–Kier alpha value is -2.38. The first kappa shape index (κ1) is 10.8. The lowest BCUT2D eigenvalue weighted by Gasteiger charge is -2.00. The summed E-state index contributed by atoms with van der Waals surface area (Å²) in [5.41, 5.74) is 8.38. The van der Waals surface area contributed by atoms with E-state index in [-0.39, 0.29) is 0 Å². The Labute approximate surface area is 108 Å². The maximum absolute atomic E-state index is 8.96. The van der Waals surface area contributed by atoms with E-state index in [4.69, 9.17) is 11.0 Å². The Bertz CT molecular complexity index is 754. The second-order valence-corrected chi connectivity index (χ2v) is 4.87. The molecule has 0 aliphatic heterocycles. The molecule has 3 nitrogen and oxygen atoms in total. The van der Waals surface area contributed by atoms with E-state index in [1.807, 2.05) is 42.5 Å². The normalized spacial score (nSPS) is 10.4. The second kappa shape index (κ2) is 4.13. The summed E-state index contributed by atoms with van der Waals surface area (Å²) in [6, 6.07) is 15.9. The zero-order valence-electron chi connectivity index (χ0n) is 9.42. The molecule has 0 amide bonds. The number of hydrogen-bond donors (Lipinski definition) is 1. The molecule has 0 aliphatic carbocycles. The first-order chi connectivity index (χ1) is 8.79. The number of pyridine rings is 1. The van der Waals surface area contributed by atoms with E-state index >= 15 is 0 Å². The predicted octanol–water partition coefficient (Wildman–Crippen LogP) is 3.42. The third-order valence-corrected chi connectivity index (χ3v) is 3.78. The number of rotatable bonds is 1. The molecule has 1 aromatic carbocycles. The van der Waals surface area contributed by atoms with Crippen molar-refractivity contribution in [2.45, 2.75) is 0 Å². The van der Waals surface area contributed by atoms with Gasteiger partial charge in [0.15, 0.2) is 0 Å². The lowest BCUT2D eigenvalue weighted by atomic mass is 10.1. The molecule has 0 saturated carbocycles. The third kappa shape index (κ3) is 1.62. The van der Waals surface area contributed by atoms with Crippen LogP contribution in [0.4, 0.5) is 5.69 Å². The number of nitrogens with two attached hydrogens (primary N) is 1. The van der Waals surface area contributed by atoms with Gasteiger partial charge in [0.1, 0.15) is 15.8 Å². The standard InChI is InChI=1S/C14H9N3S/c15-8-12-13(16)10-6-7-11(17-14(10)18-12)9-4-2-1-3-5-9/h1-7H,16H2. The quantitative estimate of drug-likeness (QED) is 0.720. The molecule has 86 valence electrons. The molecular formula is C14H9N3S. The topological polar surface area (TPSA) is 62.7 Å². The van der Waals surface area contributed by atoms with E-state index in [9.17, 15) is 0 Å². The van der Waals surface area contributed by atoms with Crippen LogP contribution in [0.5, 0.6) is 0 Å². The number of nitriles is 1. The van der Waals surface area contributed by atoms with Crippen molar-refractivity contribution in [2.24, 2.45) is 0 Å². The lowest BCUT2D eigenvalue weighted by Crippen LogP contribution is -1.86. The average molecular weight is 251 g/mol.